The Hall–Kier alpha value is -3.52. The summed E-state index contributed by atoms with van der Waals surface area (Å²) < 4.78 is 28.1. The molecule has 3 heterocycles. The molecule has 14 heteroatoms. The molecule has 0 aliphatic carbocycles. The number of amides is 5. The number of sulfonamides is 1. The van der Waals surface area contributed by atoms with Gasteiger partial charge < -0.3 is 15.7 Å². The molecule has 0 bridgehead atoms. The number of carboxylic acid groups (broad SMARTS) is 1. The Morgan fingerprint density at radius 3 is 2.08 bits per heavy atom. The van der Waals surface area contributed by atoms with Crippen LogP contribution in [-0.4, -0.2) is 89.4 Å². The number of nitrogens with one attached hydrogen (secondary N) is 3. The van der Waals surface area contributed by atoms with Crippen LogP contribution < -0.4 is 16.0 Å². The summed E-state index contributed by atoms with van der Waals surface area (Å²) in [6.07, 6.45) is 12.7. The highest BCUT2D eigenvalue weighted by atomic mass is 32.2. The number of nitrogens with zero attached hydrogens (tertiary/aromatic N) is 2. The van der Waals surface area contributed by atoms with Crippen molar-refractivity contribution in [1.29, 1.82) is 0 Å². The van der Waals surface area contributed by atoms with Crippen LogP contribution in [0.25, 0.3) is 0 Å². The summed E-state index contributed by atoms with van der Waals surface area (Å²) in [5, 5.41) is 17.2. The lowest BCUT2D eigenvalue weighted by Gasteiger charge is -2.45. The van der Waals surface area contributed by atoms with E-state index in [4.69, 9.17) is 5.11 Å². The van der Waals surface area contributed by atoms with Crippen LogP contribution in [0.2, 0.25) is 0 Å². The Balaban J connectivity index is 1.03. The first-order valence-electron chi connectivity index (χ1n) is 18.8. The highest BCUT2D eigenvalue weighted by molar-refractivity contribution is 7.89. The standard InChI is InChI=1S/C37H57N5O8S/c1-37(2,3)30-25-26(39-36(47)48)21-23-41(30)51(49,50)24-15-13-11-9-7-5-4-6-8-10-12-14-22-38-28-18-16-17-27-32(28)35(46)42(34(27)45)29-19-20-31(43)40-33(29)44/h16-18,26,29-30,38-39H,4-15,19-25H2,1-3H3,(H,47,48)(H,40,43,44). The van der Waals surface area contributed by atoms with E-state index in [9.17, 15) is 32.4 Å². The third-order valence-corrected chi connectivity index (χ3v) is 12.3. The zero-order valence-electron chi connectivity index (χ0n) is 30.5. The van der Waals surface area contributed by atoms with Crippen molar-refractivity contribution in [1.82, 2.24) is 19.8 Å². The van der Waals surface area contributed by atoms with Gasteiger partial charge in [-0.2, -0.15) is 4.31 Å². The average molecular weight is 732 g/mol. The van der Waals surface area contributed by atoms with Gasteiger partial charge in [0.05, 0.1) is 16.9 Å². The fourth-order valence-corrected chi connectivity index (χ4v) is 9.52. The number of anilines is 1. The van der Waals surface area contributed by atoms with Gasteiger partial charge in [0.15, 0.2) is 0 Å². The van der Waals surface area contributed by atoms with Crippen LogP contribution in [0, 0.1) is 5.41 Å². The quantitative estimate of drug-likeness (QED) is 0.103. The van der Waals surface area contributed by atoms with Crippen LogP contribution in [0.3, 0.4) is 0 Å². The van der Waals surface area contributed by atoms with Gasteiger partial charge in [-0.1, -0.05) is 91.0 Å². The van der Waals surface area contributed by atoms with E-state index in [0.29, 0.717) is 38.0 Å². The smallest absolute Gasteiger partial charge is 0.404 e. The second-order valence-corrected chi connectivity index (χ2v) is 17.4. The van der Waals surface area contributed by atoms with Gasteiger partial charge in [-0.15, -0.1) is 0 Å². The molecule has 5 amide bonds. The molecule has 3 aliphatic rings. The number of imide groups is 2. The predicted octanol–water partition coefficient (Wildman–Crippen LogP) is 5.66. The van der Waals surface area contributed by atoms with Gasteiger partial charge in [0.1, 0.15) is 6.04 Å². The molecule has 3 unspecified atom stereocenters. The molecule has 4 N–H and O–H groups in total. The van der Waals surface area contributed by atoms with Crippen LogP contribution in [0.15, 0.2) is 18.2 Å². The van der Waals surface area contributed by atoms with E-state index in [-0.39, 0.29) is 47.2 Å². The van der Waals surface area contributed by atoms with Gasteiger partial charge in [-0.25, -0.2) is 13.2 Å². The Morgan fingerprint density at radius 1 is 0.882 bits per heavy atom. The summed E-state index contributed by atoms with van der Waals surface area (Å²) >= 11 is 0. The molecule has 3 atom stereocenters. The fraction of sp³-hybridized carbons (Fsp3) is 0.703. The normalized spacial score (nSPS) is 21.5. The largest absolute Gasteiger partial charge is 0.465 e. The maximum atomic E-state index is 13.2. The van der Waals surface area contributed by atoms with Gasteiger partial charge in [-0.05, 0) is 49.7 Å². The molecule has 13 nitrogen and oxygen atoms in total. The summed E-state index contributed by atoms with van der Waals surface area (Å²) in [4.78, 5) is 62.2. The summed E-state index contributed by atoms with van der Waals surface area (Å²) in [5.74, 6) is -1.88. The molecule has 4 rings (SSSR count). The topological polar surface area (TPSA) is 182 Å². The highest BCUT2D eigenvalue weighted by Gasteiger charge is 2.46. The van der Waals surface area contributed by atoms with Crippen molar-refractivity contribution >= 4 is 45.4 Å². The maximum Gasteiger partial charge on any atom is 0.404 e. The van der Waals surface area contributed by atoms with E-state index < -0.39 is 45.8 Å². The highest BCUT2D eigenvalue weighted by Crippen LogP contribution is 2.35. The number of hydrogen-bond donors (Lipinski definition) is 4. The van der Waals surface area contributed by atoms with Crippen LogP contribution in [0.5, 0.6) is 0 Å². The first-order valence-corrected chi connectivity index (χ1v) is 20.4. The van der Waals surface area contributed by atoms with Crippen molar-refractivity contribution in [3.63, 3.8) is 0 Å². The second-order valence-electron chi connectivity index (χ2n) is 15.3. The SMILES string of the molecule is CC(C)(C)C1CC(NC(=O)O)CCN1S(=O)(=O)CCCCCCCCCCCCCCNc1cccc2c1C(=O)N(C1CCC(=O)NC1=O)C2=O. The Labute approximate surface area is 302 Å². The molecule has 0 spiro atoms. The third kappa shape index (κ3) is 11.0. The maximum absolute atomic E-state index is 13.2. The van der Waals surface area contributed by atoms with E-state index in [1.165, 1.54) is 19.3 Å². The molecule has 1 aromatic carbocycles. The van der Waals surface area contributed by atoms with Crippen molar-refractivity contribution in [2.24, 2.45) is 5.41 Å². The number of hydrogen-bond acceptors (Lipinski definition) is 8. The zero-order valence-corrected chi connectivity index (χ0v) is 31.3. The number of carbonyl (C=O) groups excluding carboxylic acids is 4. The summed E-state index contributed by atoms with van der Waals surface area (Å²) in [7, 11) is -3.41. The number of unbranched alkanes of at least 4 members (excludes halogenated alkanes) is 11. The summed E-state index contributed by atoms with van der Waals surface area (Å²) in [6, 6.07) is 3.66. The molecule has 0 radical (unpaired) electrons. The van der Waals surface area contributed by atoms with E-state index in [0.717, 1.165) is 56.3 Å². The number of piperidine rings is 2. The second kappa shape index (κ2) is 18.3. The first-order chi connectivity index (χ1) is 24.2. The third-order valence-electron chi connectivity index (χ3n) is 10.4. The van der Waals surface area contributed by atoms with Crippen molar-refractivity contribution < 1.29 is 37.5 Å². The minimum absolute atomic E-state index is 0.0873. The molecular weight excluding hydrogens is 675 g/mol. The van der Waals surface area contributed by atoms with E-state index in [1.54, 1.807) is 22.5 Å². The summed E-state index contributed by atoms with van der Waals surface area (Å²) in [6.45, 7) is 7.05. The molecular formula is C37H57N5O8S. The van der Waals surface area contributed by atoms with Crippen LogP contribution in [-0.2, 0) is 19.6 Å². The average Bonchev–Trinajstić information content (AvgIpc) is 3.31. The zero-order chi connectivity index (χ0) is 37.2. The van der Waals surface area contributed by atoms with Gasteiger partial charge in [0.25, 0.3) is 11.8 Å². The fourth-order valence-electron chi connectivity index (χ4n) is 7.55. The Bertz CT molecular complexity index is 1520. The van der Waals surface area contributed by atoms with Crippen LogP contribution in [0.4, 0.5) is 10.5 Å². The molecule has 51 heavy (non-hydrogen) atoms. The van der Waals surface area contributed by atoms with Gasteiger partial charge in [0, 0.05) is 37.3 Å². The van der Waals surface area contributed by atoms with E-state index in [1.807, 2.05) is 20.8 Å². The molecule has 0 saturated carbocycles. The molecule has 0 aromatic heterocycles. The predicted molar refractivity (Wildman–Crippen MR) is 195 cm³/mol. The van der Waals surface area contributed by atoms with E-state index in [2.05, 4.69) is 16.0 Å². The molecule has 1 aromatic rings. The minimum Gasteiger partial charge on any atom is -0.465 e. The molecule has 2 fully saturated rings. The monoisotopic (exact) mass is 731 g/mol. The van der Waals surface area contributed by atoms with Gasteiger partial charge in [-0.3, -0.25) is 29.4 Å². The molecule has 3 aliphatic heterocycles. The minimum atomic E-state index is -3.41. The Kier molecular flexibility index (Phi) is 14.4. The van der Waals surface area contributed by atoms with Crippen molar-refractivity contribution in [3.05, 3.63) is 29.3 Å². The van der Waals surface area contributed by atoms with E-state index >= 15 is 0 Å². The number of benzene rings is 1. The lowest BCUT2D eigenvalue weighted by molar-refractivity contribution is -0.136. The van der Waals surface area contributed by atoms with Gasteiger partial charge in [0.2, 0.25) is 21.8 Å². The van der Waals surface area contributed by atoms with Crippen molar-refractivity contribution in [2.75, 3.05) is 24.2 Å². The van der Waals surface area contributed by atoms with Crippen molar-refractivity contribution in [3.8, 4) is 0 Å². The molecule has 2 saturated heterocycles. The number of rotatable bonds is 19. The van der Waals surface area contributed by atoms with Gasteiger partial charge >= 0.3 is 6.09 Å². The number of fused-ring (bicyclic) bond motifs is 1. The molecule has 284 valence electrons. The lowest BCUT2D eigenvalue weighted by Crippen LogP contribution is -2.56. The van der Waals surface area contributed by atoms with Crippen LogP contribution >= 0.6 is 0 Å². The van der Waals surface area contributed by atoms with Crippen molar-refractivity contribution in [2.45, 2.75) is 142 Å². The number of carbonyl (C=O) groups is 5. The first kappa shape index (κ1) is 40.3. The Morgan fingerprint density at radius 2 is 1.49 bits per heavy atom. The lowest BCUT2D eigenvalue weighted by atomic mass is 9.80. The van der Waals surface area contributed by atoms with Crippen LogP contribution in [0.1, 0.15) is 144 Å². The summed E-state index contributed by atoms with van der Waals surface area (Å²) in [5.41, 5.74) is 0.864.